The average molecular weight is 591 g/mol. The molecule has 5 atom stereocenters. The van der Waals surface area contributed by atoms with Crippen molar-refractivity contribution in [2.75, 3.05) is 6.61 Å². The Balaban J connectivity index is 1.72. The fourth-order valence-corrected chi connectivity index (χ4v) is 6.97. The molecule has 5 unspecified atom stereocenters. The molecule has 0 amide bonds. The lowest BCUT2D eigenvalue weighted by Crippen LogP contribution is -2.51. The van der Waals surface area contributed by atoms with Gasteiger partial charge in [0.15, 0.2) is 10.9 Å². The van der Waals surface area contributed by atoms with Crippen LogP contribution >= 0.6 is 11.8 Å². The Hall–Kier alpha value is -2.48. The van der Waals surface area contributed by atoms with Crippen molar-refractivity contribution in [2.45, 2.75) is 89.3 Å². The Morgan fingerprint density at radius 2 is 1.29 bits per heavy atom. The molecule has 0 spiro atoms. The maximum atomic E-state index is 13.0. The molecule has 0 saturated carbocycles. The lowest BCUT2D eigenvalue weighted by Gasteiger charge is -2.41. The predicted octanol–water partition coefficient (Wildman–Crippen LogP) is 7.60. The van der Waals surface area contributed by atoms with Crippen LogP contribution < -0.4 is 0 Å². The Morgan fingerprint density at radius 1 is 0.857 bits per heavy atom. The lowest BCUT2D eigenvalue weighted by atomic mass is 9.79. The average Bonchev–Trinajstić information content (AvgIpc) is 3.21. The van der Waals surface area contributed by atoms with Crippen LogP contribution in [-0.2, 0) is 24.6 Å². The summed E-state index contributed by atoms with van der Waals surface area (Å²) in [6.45, 7) is 15.7. The SMILES string of the molecule is CC(C(=O)SC(C)(C)C)C(O)C(C)C1OC(C)(C)OC1(C)COC(c1ccccc1)(c1ccccc1)c1ccccc1. The van der Waals surface area contributed by atoms with E-state index >= 15 is 0 Å². The molecular formula is C36H46O5S. The van der Waals surface area contributed by atoms with Crippen molar-refractivity contribution in [3.05, 3.63) is 108 Å². The quantitative estimate of drug-likeness (QED) is 0.245. The van der Waals surface area contributed by atoms with Gasteiger partial charge in [-0.2, -0.15) is 0 Å². The molecule has 3 aromatic rings. The van der Waals surface area contributed by atoms with E-state index in [0.29, 0.717) is 0 Å². The van der Waals surface area contributed by atoms with Gasteiger partial charge >= 0.3 is 0 Å². The first-order valence-corrected chi connectivity index (χ1v) is 15.6. The number of carbonyl (C=O) groups excluding carboxylic acids is 1. The second-order valence-corrected chi connectivity index (χ2v) is 14.9. The minimum absolute atomic E-state index is 0.0331. The summed E-state index contributed by atoms with van der Waals surface area (Å²) in [5, 5.41) is 11.4. The summed E-state index contributed by atoms with van der Waals surface area (Å²) in [5.41, 5.74) is 1.13. The third-order valence-corrected chi connectivity index (χ3v) is 9.10. The number of carbonyl (C=O) groups is 1. The molecule has 0 radical (unpaired) electrons. The van der Waals surface area contributed by atoms with Gasteiger partial charge in [-0.15, -0.1) is 0 Å². The number of rotatable bonds is 10. The highest BCUT2D eigenvalue weighted by Gasteiger charge is 2.55. The van der Waals surface area contributed by atoms with Gasteiger partial charge in [0.05, 0.1) is 24.7 Å². The highest BCUT2D eigenvalue weighted by Crippen LogP contribution is 2.46. The summed E-state index contributed by atoms with van der Waals surface area (Å²) >= 11 is 1.26. The van der Waals surface area contributed by atoms with Gasteiger partial charge in [0.1, 0.15) is 11.2 Å². The van der Waals surface area contributed by atoms with Gasteiger partial charge in [0.25, 0.3) is 0 Å². The number of hydrogen-bond donors (Lipinski definition) is 1. The van der Waals surface area contributed by atoms with Crippen LogP contribution in [0.1, 0.15) is 72.1 Å². The van der Waals surface area contributed by atoms with Crippen LogP contribution in [0.25, 0.3) is 0 Å². The molecule has 5 nitrogen and oxygen atoms in total. The number of hydrogen-bond acceptors (Lipinski definition) is 6. The molecule has 1 N–H and O–H groups in total. The first-order valence-electron chi connectivity index (χ1n) is 14.8. The maximum absolute atomic E-state index is 13.0. The Kier molecular flexibility index (Phi) is 9.75. The zero-order chi connectivity index (χ0) is 30.8. The van der Waals surface area contributed by atoms with Crippen molar-refractivity contribution in [2.24, 2.45) is 11.8 Å². The molecule has 0 bridgehead atoms. The van der Waals surface area contributed by atoms with E-state index in [1.54, 1.807) is 6.92 Å². The molecule has 6 heteroatoms. The van der Waals surface area contributed by atoms with Crippen LogP contribution in [0.15, 0.2) is 91.0 Å². The minimum atomic E-state index is -0.929. The summed E-state index contributed by atoms with van der Waals surface area (Å²) in [7, 11) is 0. The van der Waals surface area contributed by atoms with Gasteiger partial charge in [-0.05, 0) is 37.5 Å². The number of thioether (sulfide) groups is 1. The minimum Gasteiger partial charge on any atom is -0.392 e. The highest BCUT2D eigenvalue weighted by atomic mass is 32.2. The van der Waals surface area contributed by atoms with E-state index in [1.165, 1.54) is 11.8 Å². The smallest absolute Gasteiger partial charge is 0.194 e. The first kappa shape index (κ1) is 32.4. The summed E-state index contributed by atoms with van der Waals surface area (Å²) in [6.07, 6.45) is -1.45. The van der Waals surface area contributed by atoms with Crippen molar-refractivity contribution >= 4 is 16.9 Å². The molecule has 1 saturated heterocycles. The van der Waals surface area contributed by atoms with Crippen LogP contribution in [0.4, 0.5) is 0 Å². The zero-order valence-electron chi connectivity index (χ0n) is 26.2. The maximum Gasteiger partial charge on any atom is 0.194 e. The Labute approximate surface area is 256 Å². The predicted molar refractivity (Wildman–Crippen MR) is 170 cm³/mol. The third-order valence-electron chi connectivity index (χ3n) is 7.91. The zero-order valence-corrected chi connectivity index (χ0v) is 27.0. The van der Waals surface area contributed by atoms with Crippen molar-refractivity contribution in [1.82, 2.24) is 0 Å². The number of aliphatic hydroxyl groups is 1. The van der Waals surface area contributed by atoms with Crippen LogP contribution in [-0.4, -0.2) is 45.2 Å². The Morgan fingerprint density at radius 3 is 1.69 bits per heavy atom. The van der Waals surface area contributed by atoms with Crippen molar-refractivity contribution in [3.8, 4) is 0 Å². The topological polar surface area (TPSA) is 65.0 Å². The van der Waals surface area contributed by atoms with Gasteiger partial charge in [-0.1, -0.05) is 137 Å². The van der Waals surface area contributed by atoms with Crippen LogP contribution in [0, 0.1) is 11.8 Å². The summed E-state index contributed by atoms with van der Waals surface area (Å²) in [5.74, 6) is -1.88. The largest absolute Gasteiger partial charge is 0.392 e. The van der Waals surface area contributed by atoms with E-state index in [9.17, 15) is 9.90 Å². The monoisotopic (exact) mass is 590 g/mol. The van der Waals surface area contributed by atoms with E-state index in [4.69, 9.17) is 14.2 Å². The number of aliphatic hydroxyl groups excluding tert-OH is 1. The molecule has 1 heterocycles. The van der Waals surface area contributed by atoms with E-state index in [2.05, 4.69) is 36.4 Å². The van der Waals surface area contributed by atoms with E-state index in [-0.39, 0.29) is 16.5 Å². The molecule has 4 rings (SSSR count). The second-order valence-electron chi connectivity index (χ2n) is 13.1. The normalized spacial score (nSPS) is 22.8. The van der Waals surface area contributed by atoms with Crippen LogP contribution in [0.2, 0.25) is 0 Å². The molecule has 3 aromatic carbocycles. The standard InChI is InChI=1S/C36H46O5S/c1-25(30(37)26(2)32(38)42-33(3,4)5)31-35(8,41-34(6,7)40-31)24-39-36(27-18-12-9-13-19-27,28-20-14-10-15-21-28)29-22-16-11-17-23-29/h9-23,25-26,30-31,37H,24H2,1-8H3. The lowest BCUT2D eigenvalue weighted by molar-refractivity contribution is -0.177. The third kappa shape index (κ3) is 7.00. The molecular weight excluding hydrogens is 544 g/mol. The van der Waals surface area contributed by atoms with Gasteiger partial charge in [0.2, 0.25) is 0 Å². The van der Waals surface area contributed by atoms with Crippen molar-refractivity contribution in [3.63, 3.8) is 0 Å². The van der Waals surface area contributed by atoms with Gasteiger partial charge in [-0.25, -0.2) is 0 Å². The molecule has 0 aromatic heterocycles. The van der Waals surface area contributed by atoms with Gasteiger partial charge in [0, 0.05) is 10.7 Å². The molecule has 0 aliphatic carbocycles. The summed E-state index contributed by atoms with van der Waals surface area (Å²) in [6, 6.07) is 30.7. The molecule has 1 aliphatic rings. The molecule has 42 heavy (non-hydrogen) atoms. The highest BCUT2D eigenvalue weighted by molar-refractivity contribution is 8.14. The van der Waals surface area contributed by atoms with Crippen LogP contribution in [0.3, 0.4) is 0 Å². The van der Waals surface area contributed by atoms with Gasteiger partial charge < -0.3 is 19.3 Å². The fourth-order valence-electron chi connectivity index (χ4n) is 6.04. The van der Waals surface area contributed by atoms with Gasteiger partial charge in [-0.3, -0.25) is 4.79 Å². The number of ether oxygens (including phenoxy) is 3. The summed E-state index contributed by atoms with van der Waals surface area (Å²) in [4.78, 5) is 13.0. The number of benzene rings is 3. The molecule has 226 valence electrons. The van der Waals surface area contributed by atoms with E-state index < -0.39 is 41.0 Å². The molecule has 1 fully saturated rings. The molecule has 1 aliphatic heterocycles. The second kappa shape index (κ2) is 12.6. The van der Waals surface area contributed by atoms with E-state index in [0.717, 1.165) is 16.7 Å². The first-order chi connectivity index (χ1) is 19.7. The van der Waals surface area contributed by atoms with Crippen molar-refractivity contribution < 1.29 is 24.1 Å². The Bertz CT molecular complexity index is 1210. The fraction of sp³-hybridized carbons (Fsp3) is 0.472. The van der Waals surface area contributed by atoms with E-state index in [1.807, 2.05) is 103 Å². The summed E-state index contributed by atoms with van der Waals surface area (Å²) < 4.78 is 20.0. The van der Waals surface area contributed by atoms with Crippen LogP contribution in [0.5, 0.6) is 0 Å². The van der Waals surface area contributed by atoms with Crippen molar-refractivity contribution in [1.29, 1.82) is 0 Å².